The number of ether oxygens (including phenoxy) is 1. The number of aromatic nitrogens is 2. The minimum Gasteiger partial charge on any atom is -0.455 e. The summed E-state index contributed by atoms with van der Waals surface area (Å²) in [7, 11) is -3.83. The second-order valence-corrected chi connectivity index (χ2v) is 8.45. The molecule has 1 heterocycles. The summed E-state index contributed by atoms with van der Waals surface area (Å²) in [4.78, 5) is 16.1. The van der Waals surface area contributed by atoms with Crippen LogP contribution in [0.1, 0.15) is 17.0 Å². The highest BCUT2D eigenvalue weighted by atomic mass is 35.5. The van der Waals surface area contributed by atoms with Crippen LogP contribution in [0.4, 0.5) is 0 Å². The molecule has 3 rings (SSSR count). The van der Waals surface area contributed by atoms with Crippen molar-refractivity contribution in [1.82, 2.24) is 14.9 Å². The summed E-state index contributed by atoms with van der Waals surface area (Å²) in [5.41, 5.74) is 2.50. The van der Waals surface area contributed by atoms with Gasteiger partial charge in [-0.1, -0.05) is 22.8 Å². The fourth-order valence-corrected chi connectivity index (χ4v) is 3.52. The molecular formula is C19H18ClN3O5S. The normalized spacial score (nSPS) is 11.4. The fourth-order valence-electron chi connectivity index (χ4n) is 2.34. The standard InChI is InChI=1S/C19H18ClN3O5S/c1-12-3-8-16(9-13(12)2)29(25,26)21-10-18(24)27-11-17-22-19(23-28-17)14-4-6-15(20)7-5-14/h3-9,21H,10-11H2,1-2H3. The number of benzene rings is 2. The van der Waals surface area contributed by atoms with E-state index in [1.807, 2.05) is 13.8 Å². The van der Waals surface area contributed by atoms with E-state index in [0.29, 0.717) is 16.4 Å². The third-order valence-corrected chi connectivity index (χ3v) is 5.77. The van der Waals surface area contributed by atoms with E-state index in [1.165, 1.54) is 6.07 Å². The van der Waals surface area contributed by atoms with Gasteiger partial charge in [0.2, 0.25) is 15.8 Å². The van der Waals surface area contributed by atoms with Gasteiger partial charge in [-0.25, -0.2) is 8.42 Å². The van der Waals surface area contributed by atoms with E-state index in [1.54, 1.807) is 36.4 Å². The van der Waals surface area contributed by atoms with Crippen molar-refractivity contribution in [3.05, 3.63) is 64.5 Å². The molecule has 0 unspecified atom stereocenters. The number of rotatable bonds is 7. The summed E-state index contributed by atoms with van der Waals surface area (Å²) in [5.74, 6) is -0.368. The van der Waals surface area contributed by atoms with Crippen LogP contribution in [0.2, 0.25) is 5.02 Å². The number of esters is 1. The van der Waals surface area contributed by atoms with Crippen LogP contribution in [0.25, 0.3) is 11.4 Å². The van der Waals surface area contributed by atoms with E-state index in [-0.39, 0.29) is 17.4 Å². The van der Waals surface area contributed by atoms with Crippen LogP contribution < -0.4 is 4.72 Å². The molecule has 29 heavy (non-hydrogen) atoms. The predicted octanol–water partition coefficient (Wildman–Crippen LogP) is 3.03. The van der Waals surface area contributed by atoms with Gasteiger partial charge in [0.15, 0.2) is 6.61 Å². The van der Waals surface area contributed by atoms with Gasteiger partial charge in [-0.2, -0.15) is 9.71 Å². The monoisotopic (exact) mass is 435 g/mol. The first-order chi connectivity index (χ1) is 13.7. The summed E-state index contributed by atoms with van der Waals surface area (Å²) in [5, 5.41) is 4.38. The van der Waals surface area contributed by atoms with Crippen LogP contribution in [-0.2, 0) is 26.2 Å². The summed E-state index contributed by atoms with van der Waals surface area (Å²) in [6.45, 7) is 2.90. The topological polar surface area (TPSA) is 111 Å². The maximum atomic E-state index is 12.3. The first-order valence-corrected chi connectivity index (χ1v) is 10.4. The van der Waals surface area contributed by atoms with E-state index < -0.39 is 22.5 Å². The van der Waals surface area contributed by atoms with Crippen molar-refractivity contribution in [2.24, 2.45) is 0 Å². The van der Waals surface area contributed by atoms with Gasteiger partial charge in [0.25, 0.3) is 5.89 Å². The maximum absolute atomic E-state index is 12.3. The highest BCUT2D eigenvalue weighted by Gasteiger charge is 2.17. The highest BCUT2D eigenvalue weighted by Crippen LogP contribution is 2.19. The van der Waals surface area contributed by atoms with Crippen LogP contribution in [0, 0.1) is 13.8 Å². The molecule has 3 aromatic rings. The smallest absolute Gasteiger partial charge is 0.321 e. The number of nitrogens with one attached hydrogen (secondary N) is 1. The summed E-state index contributed by atoms with van der Waals surface area (Å²) < 4.78 is 36.8. The molecule has 10 heteroatoms. The molecule has 0 radical (unpaired) electrons. The number of halogens is 1. The Balaban J connectivity index is 1.53. The van der Waals surface area contributed by atoms with Gasteiger partial charge in [0.05, 0.1) is 4.90 Å². The number of carbonyl (C=O) groups excluding carboxylic acids is 1. The van der Waals surface area contributed by atoms with E-state index in [2.05, 4.69) is 14.9 Å². The first kappa shape index (κ1) is 21.0. The minimum atomic E-state index is -3.83. The van der Waals surface area contributed by atoms with Gasteiger partial charge in [-0.3, -0.25) is 4.79 Å². The van der Waals surface area contributed by atoms with Gasteiger partial charge in [-0.15, -0.1) is 0 Å². The lowest BCUT2D eigenvalue weighted by Crippen LogP contribution is -2.30. The van der Waals surface area contributed by atoms with Gasteiger partial charge in [0.1, 0.15) is 6.54 Å². The predicted molar refractivity (Wildman–Crippen MR) is 106 cm³/mol. The Labute approximate surface area is 172 Å². The van der Waals surface area contributed by atoms with Crippen LogP contribution in [-0.4, -0.2) is 31.1 Å². The molecule has 0 spiro atoms. The van der Waals surface area contributed by atoms with E-state index >= 15 is 0 Å². The minimum absolute atomic E-state index is 0.0814. The number of hydrogen-bond acceptors (Lipinski definition) is 7. The fraction of sp³-hybridized carbons (Fsp3) is 0.211. The second-order valence-electron chi connectivity index (χ2n) is 6.25. The number of hydrogen-bond donors (Lipinski definition) is 1. The molecule has 0 atom stereocenters. The van der Waals surface area contributed by atoms with Gasteiger partial charge in [-0.05, 0) is 61.4 Å². The molecule has 152 valence electrons. The molecule has 0 saturated carbocycles. The number of sulfonamides is 1. The Bertz CT molecular complexity index is 1130. The lowest BCUT2D eigenvalue weighted by atomic mass is 10.1. The molecule has 0 aliphatic rings. The van der Waals surface area contributed by atoms with Gasteiger partial charge >= 0.3 is 5.97 Å². The van der Waals surface area contributed by atoms with Crippen LogP contribution in [0.3, 0.4) is 0 Å². The summed E-state index contributed by atoms with van der Waals surface area (Å²) >= 11 is 5.83. The van der Waals surface area contributed by atoms with Crippen molar-refractivity contribution in [3.63, 3.8) is 0 Å². The van der Waals surface area contributed by atoms with E-state index in [0.717, 1.165) is 11.1 Å². The molecule has 2 aromatic carbocycles. The Hall–Kier alpha value is -2.75. The third-order valence-electron chi connectivity index (χ3n) is 4.12. The molecule has 0 fully saturated rings. The molecular weight excluding hydrogens is 418 g/mol. The Morgan fingerprint density at radius 3 is 2.55 bits per heavy atom. The lowest BCUT2D eigenvalue weighted by Gasteiger charge is -2.08. The molecule has 8 nitrogen and oxygen atoms in total. The highest BCUT2D eigenvalue weighted by molar-refractivity contribution is 7.89. The van der Waals surface area contributed by atoms with Crippen LogP contribution in [0.15, 0.2) is 51.9 Å². The number of aryl methyl sites for hydroxylation is 2. The molecule has 0 aliphatic heterocycles. The molecule has 1 aromatic heterocycles. The van der Waals surface area contributed by atoms with Crippen molar-refractivity contribution < 1.29 is 22.5 Å². The zero-order valence-corrected chi connectivity index (χ0v) is 17.2. The van der Waals surface area contributed by atoms with E-state index in [9.17, 15) is 13.2 Å². The van der Waals surface area contributed by atoms with Gasteiger partial charge < -0.3 is 9.26 Å². The van der Waals surface area contributed by atoms with Crippen molar-refractivity contribution in [2.45, 2.75) is 25.3 Å². The molecule has 0 bridgehead atoms. The largest absolute Gasteiger partial charge is 0.455 e. The Morgan fingerprint density at radius 1 is 1.14 bits per heavy atom. The molecule has 0 saturated heterocycles. The average Bonchev–Trinajstić information content (AvgIpc) is 3.16. The third kappa shape index (κ3) is 5.41. The van der Waals surface area contributed by atoms with Crippen molar-refractivity contribution in [3.8, 4) is 11.4 Å². The zero-order valence-electron chi connectivity index (χ0n) is 15.7. The van der Waals surface area contributed by atoms with Crippen LogP contribution in [0.5, 0.6) is 0 Å². The average molecular weight is 436 g/mol. The zero-order chi connectivity index (χ0) is 21.0. The maximum Gasteiger partial charge on any atom is 0.321 e. The summed E-state index contributed by atoms with van der Waals surface area (Å²) in [6, 6.07) is 11.6. The SMILES string of the molecule is Cc1ccc(S(=O)(=O)NCC(=O)OCc2nc(-c3ccc(Cl)cc3)no2)cc1C. The van der Waals surface area contributed by atoms with Gasteiger partial charge in [0, 0.05) is 10.6 Å². The van der Waals surface area contributed by atoms with Crippen molar-refractivity contribution >= 4 is 27.6 Å². The van der Waals surface area contributed by atoms with E-state index in [4.69, 9.17) is 20.9 Å². The number of nitrogens with zero attached hydrogens (tertiary/aromatic N) is 2. The Kier molecular flexibility index (Phi) is 6.31. The molecule has 0 aliphatic carbocycles. The first-order valence-electron chi connectivity index (χ1n) is 8.56. The Morgan fingerprint density at radius 2 is 1.86 bits per heavy atom. The molecule has 1 N–H and O–H groups in total. The second kappa shape index (κ2) is 8.73. The van der Waals surface area contributed by atoms with Crippen molar-refractivity contribution in [1.29, 1.82) is 0 Å². The quantitative estimate of drug-likeness (QED) is 0.567. The lowest BCUT2D eigenvalue weighted by molar-refractivity contribution is -0.144. The summed E-state index contributed by atoms with van der Waals surface area (Å²) in [6.07, 6.45) is 0. The molecule has 0 amide bonds. The number of carbonyl (C=O) groups is 1. The van der Waals surface area contributed by atoms with Crippen LogP contribution >= 0.6 is 11.6 Å². The van der Waals surface area contributed by atoms with Crippen molar-refractivity contribution in [2.75, 3.05) is 6.54 Å².